The Balaban J connectivity index is 1.11. The molecular weight excluding hydrogens is 717 g/mol. The number of rotatable bonds is 5. The molecule has 0 spiro atoms. The molecule has 3 heterocycles. The van der Waals surface area contributed by atoms with Crippen molar-refractivity contribution < 1.29 is 4.42 Å². The largest absolute Gasteiger partial charge is 0.455 e. The minimum absolute atomic E-state index is 0.0997. The van der Waals surface area contributed by atoms with Crippen LogP contribution in [-0.4, -0.2) is 10.6 Å². The van der Waals surface area contributed by atoms with Crippen LogP contribution in [0.15, 0.2) is 199 Å². The molecule has 1 aliphatic carbocycles. The van der Waals surface area contributed by atoms with Crippen LogP contribution < -0.4 is 4.90 Å². The van der Waals surface area contributed by atoms with E-state index in [9.17, 15) is 0 Å². The van der Waals surface area contributed by atoms with E-state index in [1.54, 1.807) is 0 Å². The molecule has 11 rings (SSSR count). The fraction of sp³-hybridized carbons (Fsp3) is 0.107. The van der Waals surface area contributed by atoms with Gasteiger partial charge in [0.15, 0.2) is 0 Å². The molecule has 2 unspecified atom stereocenters. The maximum Gasteiger partial charge on any atom is 0.143 e. The maximum atomic E-state index is 6.57. The second kappa shape index (κ2) is 13.8. The number of hydrogen-bond acceptors (Lipinski definition) is 2. The summed E-state index contributed by atoms with van der Waals surface area (Å²) in [5.41, 5.74) is 16.1. The van der Waals surface area contributed by atoms with Crippen LogP contribution in [0.1, 0.15) is 43.9 Å². The van der Waals surface area contributed by atoms with Gasteiger partial charge in [0.1, 0.15) is 11.2 Å². The SMILES string of the molecule is C/C1=C\C(c2ccc3c(c2)c2cc(-c4cccc5c4oc4ccccc45)ccc2n3C2(C)C=CC(c3ccccc3)=CC2)=C/C(C)N(c2ccccc2)c2ccccc21. The first kappa shape index (κ1) is 35.1. The zero-order chi connectivity index (χ0) is 39.7. The molecule has 0 saturated carbocycles. The number of nitrogens with zero attached hydrogens (tertiary/aromatic N) is 2. The highest BCUT2D eigenvalue weighted by Gasteiger charge is 2.30. The number of para-hydroxylation sites is 4. The Morgan fingerprint density at radius 3 is 2.03 bits per heavy atom. The first-order chi connectivity index (χ1) is 28.9. The summed E-state index contributed by atoms with van der Waals surface area (Å²) in [7, 11) is 0. The Morgan fingerprint density at radius 2 is 1.25 bits per heavy atom. The van der Waals surface area contributed by atoms with E-state index in [2.05, 4.69) is 218 Å². The minimum atomic E-state index is -0.273. The fourth-order valence-corrected chi connectivity index (χ4v) is 9.70. The van der Waals surface area contributed by atoms with Gasteiger partial charge >= 0.3 is 0 Å². The Hall–Kier alpha value is -7.10. The molecule has 0 saturated heterocycles. The van der Waals surface area contributed by atoms with Crippen molar-refractivity contribution in [2.75, 3.05) is 4.90 Å². The summed E-state index contributed by atoms with van der Waals surface area (Å²) < 4.78 is 9.14. The third kappa shape index (κ3) is 5.80. The van der Waals surface area contributed by atoms with Crippen molar-refractivity contribution in [1.29, 1.82) is 0 Å². The van der Waals surface area contributed by atoms with Gasteiger partial charge in [-0.05, 0) is 109 Å². The molecule has 0 fully saturated rings. The maximum absolute atomic E-state index is 6.57. The summed E-state index contributed by atoms with van der Waals surface area (Å²) in [6.45, 7) is 6.92. The van der Waals surface area contributed by atoms with Gasteiger partial charge in [-0.1, -0.05) is 146 Å². The molecule has 0 radical (unpaired) electrons. The Bertz CT molecular complexity index is 3230. The van der Waals surface area contributed by atoms with Gasteiger partial charge in [0.25, 0.3) is 0 Å². The van der Waals surface area contributed by atoms with Crippen LogP contribution >= 0.6 is 0 Å². The van der Waals surface area contributed by atoms with E-state index in [1.807, 2.05) is 6.07 Å². The average Bonchev–Trinajstić information content (AvgIpc) is 3.83. The molecule has 59 heavy (non-hydrogen) atoms. The summed E-state index contributed by atoms with van der Waals surface area (Å²) in [5.74, 6) is 0. The van der Waals surface area contributed by atoms with Crippen LogP contribution in [0.25, 0.3) is 71.6 Å². The lowest BCUT2D eigenvalue weighted by Gasteiger charge is -2.33. The molecular formula is C56H44N2O. The summed E-state index contributed by atoms with van der Waals surface area (Å²) in [5, 5.41) is 4.76. The van der Waals surface area contributed by atoms with Crippen LogP contribution in [0, 0.1) is 0 Å². The van der Waals surface area contributed by atoms with E-state index in [0.717, 1.165) is 39.5 Å². The van der Waals surface area contributed by atoms with Gasteiger partial charge in [-0.15, -0.1) is 0 Å². The van der Waals surface area contributed by atoms with Crippen LogP contribution in [-0.2, 0) is 5.54 Å². The van der Waals surface area contributed by atoms with E-state index in [4.69, 9.17) is 4.42 Å². The highest BCUT2D eigenvalue weighted by molar-refractivity contribution is 6.13. The first-order valence-corrected chi connectivity index (χ1v) is 20.7. The lowest BCUT2D eigenvalue weighted by Crippen LogP contribution is -2.28. The predicted octanol–water partition coefficient (Wildman–Crippen LogP) is 15.1. The summed E-state index contributed by atoms with van der Waals surface area (Å²) in [6.07, 6.45) is 12.8. The zero-order valence-electron chi connectivity index (χ0n) is 33.6. The van der Waals surface area contributed by atoms with Crippen LogP contribution in [0.4, 0.5) is 11.4 Å². The highest BCUT2D eigenvalue weighted by Crippen LogP contribution is 2.44. The van der Waals surface area contributed by atoms with Gasteiger partial charge in [-0.3, -0.25) is 0 Å². The van der Waals surface area contributed by atoms with Gasteiger partial charge in [-0.2, -0.15) is 0 Å². The number of benzene rings is 7. The van der Waals surface area contributed by atoms with Crippen LogP contribution in [0.3, 0.4) is 0 Å². The van der Waals surface area contributed by atoms with E-state index >= 15 is 0 Å². The van der Waals surface area contributed by atoms with Crippen molar-refractivity contribution in [2.45, 2.75) is 38.8 Å². The third-order valence-electron chi connectivity index (χ3n) is 12.6. The zero-order valence-corrected chi connectivity index (χ0v) is 33.6. The monoisotopic (exact) mass is 760 g/mol. The number of fused-ring (bicyclic) bond motifs is 7. The normalized spacial score (nSPS) is 19.9. The Labute approximate surface area is 345 Å². The number of hydrogen-bond donors (Lipinski definition) is 0. The Kier molecular flexibility index (Phi) is 8.20. The topological polar surface area (TPSA) is 21.3 Å². The van der Waals surface area contributed by atoms with Crippen molar-refractivity contribution in [2.24, 2.45) is 0 Å². The van der Waals surface area contributed by atoms with Gasteiger partial charge in [0.2, 0.25) is 0 Å². The molecule has 2 aromatic heterocycles. The molecule has 2 aliphatic rings. The molecule has 3 heteroatoms. The molecule has 7 aromatic carbocycles. The van der Waals surface area contributed by atoms with Gasteiger partial charge in [0.05, 0.1) is 11.6 Å². The lowest BCUT2D eigenvalue weighted by molar-refractivity contribution is 0.438. The van der Waals surface area contributed by atoms with Crippen molar-refractivity contribution in [3.8, 4) is 11.1 Å². The number of aromatic nitrogens is 1. The van der Waals surface area contributed by atoms with Crippen molar-refractivity contribution in [1.82, 2.24) is 4.57 Å². The quantitative estimate of drug-likeness (QED) is 0.174. The van der Waals surface area contributed by atoms with E-state index in [1.165, 1.54) is 66.6 Å². The molecule has 0 bridgehead atoms. The third-order valence-corrected chi connectivity index (χ3v) is 12.6. The van der Waals surface area contributed by atoms with Gasteiger partial charge < -0.3 is 13.9 Å². The van der Waals surface area contributed by atoms with Crippen molar-refractivity contribution >= 4 is 71.8 Å². The van der Waals surface area contributed by atoms with Crippen LogP contribution in [0.2, 0.25) is 0 Å². The Morgan fingerprint density at radius 1 is 0.593 bits per heavy atom. The molecule has 0 amide bonds. The second-order valence-electron chi connectivity index (χ2n) is 16.4. The first-order valence-electron chi connectivity index (χ1n) is 20.7. The molecule has 1 aliphatic heterocycles. The highest BCUT2D eigenvalue weighted by atomic mass is 16.3. The number of allylic oxidation sites excluding steroid dienone is 7. The summed E-state index contributed by atoms with van der Waals surface area (Å²) >= 11 is 0. The lowest BCUT2D eigenvalue weighted by atomic mass is 9.87. The minimum Gasteiger partial charge on any atom is -0.455 e. The molecule has 2 atom stereocenters. The van der Waals surface area contributed by atoms with Crippen molar-refractivity contribution in [3.05, 3.63) is 211 Å². The smallest absolute Gasteiger partial charge is 0.143 e. The average molecular weight is 761 g/mol. The second-order valence-corrected chi connectivity index (χ2v) is 16.4. The number of anilines is 2. The predicted molar refractivity (Wildman–Crippen MR) is 250 cm³/mol. The number of furan rings is 1. The molecule has 9 aromatic rings. The van der Waals surface area contributed by atoms with Crippen molar-refractivity contribution in [3.63, 3.8) is 0 Å². The fourth-order valence-electron chi connectivity index (χ4n) is 9.70. The summed E-state index contributed by atoms with van der Waals surface area (Å²) in [6, 6.07) is 59.4. The van der Waals surface area contributed by atoms with E-state index in [0.29, 0.717) is 0 Å². The molecule has 284 valence electrons. The standard InChI is InChI=1S/C56H44N2O/c1-37-33-43(34-38(2)57(44-17-8-5-9-18-44)51-23-12-10-19-45(37)51)41-25-27-52-49(35-41)50-36-42(46-21-14-22-48-47-20-11-13-24-54(47)59-55(46)48)26-28-53(50)58(52)56(3)31-29-40(30-32-56)39-15-6-4-7-16-39/h4-31,33-36,38H,32H2,1-3H3/b37-33+,43-34+. The van der Waals surface area contributed by atoms with E-state index in [-0.39, 0.29) is 11.6 Å². The van der Waals surface area contributed by atoms with Gasteiger partial charge in [0, 0.05) is 55.1 Å². The van der Waals surface area contributed by atoms with Gasteiger partial charge in [-0.25, -0.2) is 0 Å². The summed E-state index contributed by atoms with van der Waals surface area (Å²) in [4.78, 5) is 2.47. The van der Waals surface area contributed by atoms with E-state index < -0.39 is 0 Å². The molecule has 0 N–H and O–H groups in total. The van der Waals surface area contributed by atoms with Crippen LogP contribution in [0.5, 0.6) is 0 Å². The molecule has 3 nitrogen and oxygen atoms in total.